The topological polar surface area (TPSA) is 64.6 Å². The van der Waals surface area contributed by atoms with Gasteiger partial charge in [0.25, 0.3) is 0 Å². The number of hydrogen-bond donors (Lipinski definition) is 0. The Morgan fingerprint density at radius 1 is 0.565 bits per heavy atom. The van der Waals surface area contributed by atoms with E-state index >= 15 is 0 Å². The van der Waals surface area contributed by atoms with E-state index in [1.165, 1.54) is 0 Å². The average Bonchev–Trinajstić information content (AvgIpc) is 2.59. The molecule has 0 saturated carbocycles. The molecule has 0 unspecified atom stereocenters. The third kappa shape index (κ3) is 11.4. The fraction of sp³-hybridized carbons (Fsp3) is 1.00. The summed E-state index contributed by atoms with van der Waals surface area (Å²) in [6.45, 7) is 5.32. The molecule has 0 rings (SSSR count). The van der Waals surface area contributed by atoms with Gasteiger partial charge in [0.15, 0.2) is 0 Å². The molecule has 0 heterocycles. The molecule has 0 radical (unpaired) electrons. The lowest BCUT2D eigenvalue weighted by atomic mass is 10.1. The van der Waals surface area contributed by atoms with E-state index in [1.54, 1.807) is 28.4 Å². The highest BCUT2D eigenvalue weighted by molar-refractivity contribution is 6.59. The summed E-state index contributed by atoms with van der Waals surface area (Å²) in [5.74, 6) is 0. The van der Waals surface area contributed by atoms with Gasteiger partial charge in [0, 0.05) is 54.7 Å². The molecule has 0 aliphatic heterocycles. The van der Waals surface area contributed by atoms with Crippen molar-refractivity contribution in [3.8, 4) is 0 Å². The Balaban J connectivity index is 3.38. The first-order chi connectivity index (χ1) is 10.9. The van der Waals surface area contributed by atoms with Crippen LogP contribution in [0.2, 0.25) is 13.1 Å². The molecule has 0 amide bonds. The number of hydrogen-bond acceptors (Lipinski definition) is 7. The Morgan fingerprint density at radius 3 is 1.52 bits per heavy atom. The van der Waals surface area contributed by atoms with Crippen LogP contribution < -0.4 is 0 Å². The molecule has 0 saturated heterocycles. The zero-order valence-corrected chi connectivity index (χ0v) is 17.5. The molecule has 140 valence electrons. The SMILES string of the molecule is CO[Si](C)(OC)OCCCCCCCOCO[Si](C)(OC)OC. The van der Waals surface area contributed by atoms with Gasteiger partial charge < -0.3 is 31.3 Å². The van der Waals surface area contributed by atoms with E-state index in [-0.39, 0.29) is 6.79 Å². The van der Waals surface area contributed by atoms with Crippen LogP contribution in [-0.4, -0.2) is 66.1 Å². The van der Waals surface area contributed by atoms with E-state index in [4.69, 9.17) is 31.3 Å². The first-order valence-electron chi connectivity index (χ1n) is 8.01. The molecule has 0 aliphatic rings. The van der Waals surface area contributed by atoms with Crippen LogP contribution >= 0.6 is 0 Å². The highest BCUT2D eigenvalue weighted by Crippen LogP contribution is 2.10. The van der Waals surface area contributed by atoms with Crippen molar-refractivity contribution in [2.45, 2.75) is 45.2 Å². The smallest absolute Gasteiger partial charge is 0.377 e. The van der Waals surface area contributed by atoms with Crippen LogP contribution in [0, 0.1) is 0 Å². The van der Waals surface area contributed by atoms with Crippen molar-refractivity contribution < 1.29 is 31.3 Å². The predicted octanol–water partition coefficient (Wildman–Crippen LogP) is 2.67. The first-order valence-corrected chi connectivity index (χ1v) is 12.5. The molecule has 0 fully saturated rings. The van der Waals surface area contributed by atoms with E-state index < -0.39 is 17.6 Å². The van der Waals surface area contributed by atoms with Crippen molar-refractivity contribution in [3.05, 3.63) is 0 Å². The summed E-state index contributed by atoms with van der Waals surface area (Å²) in [5.41, 5.74) is 0. The maximum Gasteiger partial charge on any atom is 0.498 e. The fourth-order valence-electron chi connectivity index (χ4n) is 1.70. The fourth-order valence-corrected chi connectivity index (χ4v) is 3.32. The van der Waals surface area contributed by atoms with Gasteiger partial charge in [0.05, 0.1) is 0 Å². The second kappa shape index (κ2) is 13.4. The van der Waals surface area contributed by atoms with Gasteiger partial charge in [0.1, 0.15) is 6.79 Å². The quantitative estimate of drug-likeness (QED) is 0.235. The molecule has 0 bridgehead atoms. The number of rotatable bonds is 16. The van der Waals surface area contributed by atoms with Crippen molar-refractivity contribution in [1.82, 2.24) is 0 Å². The lowest BCUT2D eigenvalue weighted by Gasteiger charge is -2.22. The maximum absolute atomic E-state index is 5.67. The van der Waals surface area contributed by atoms with Crippen LogP contribution in [0.15, 0.2) is 0 Å². The largest absolute Gasteiger partial charge is 0.498 e. The zero-order valence-electron chi connectivity index (χ0n) is 15.5. The Labute approximate surface area is 143 Å². The Morgan fingerprint density at radius 2 is 1.00 bits per heavy atom. The van der Waals surface area contributed by atoms with E-state index in [1.807, 2.05) is 13.1 Å². The lowest BCUT2D eigenvalue weighted by Crippen LogP contribution is -2.40. The van der Waals surface area contributed by atoms with Gasteiger partial charge in [-0.1, -0.05) is 19.3 Å². The molecule has 7 nitrogen and oxygen atoms in total. The number of unbranched alkanes of at least 4 members (excludes halogenated alkanes) is 4. The third-order valence-corrected chi connectivity index (χ3v) is 8.02. The zero-order chi connectivity index (χ0) is 17.6. The summed E-state index contributed by atoms with van der Waals surface area (Å²) < 4.78 is 37.5. The van der Waals surface area contributed by atoms with Crippen LogP contribution in [0.3, 0.4) is 0 Å². The molecule has 0 aliphatic carbocycles. The van der Waals surface area contributed by atoms with Crippen molar-refractivity contribution in [3.63, 3.8) is 0 Å². The minimum absolute atomic E-state index is 0.218. The Kier molecular flexibility index (Phi) is 13.5. The minimum atomic E-state index is -2.47. The maximum atomic E-state index is 5.67. The molecule has 0 spiro atoms. The molecule has 0 aromatic rings. The van der Waals surface area contributed by atoms with Gasteiger partial charge in [-0.15, -0.1) is 0 Å². The third-order valence-electron chi connectivity index (χ3n) is 3.68. The van der Waals surface area contributed by atoms with Crippen molar-refractivity contribution in [2.75, 3.05) is 48.4 Å². The average molecular weight is 371 g/mol. The molecular formula is C14H34O7Si2. The van der Waals surface area contributed by atoms with Crippen LogP contribution in [0.4, 0.5) is 0 Å². The molecule has 0 aromatic heterocycles. The molecular weight excluding hydrogens is 336 g/mol. The van der Waals surface area contributed by atoms with Crippen LogP contribution in [0.25, 0.3) is 0 Å². The van der Waals surface area contributed by atoms with Gasteiger partial charge in [-0.2, -0.15) is 0 Å². The lowest BCUT2D eigenvalue weighted by molar-refractivity contribution is -0.0312. The predicted molar refractivity (Wildman–Crippen MR) is 92.2 cm³/mol. The second-order valence-corrected chi connectivity index (χ2v) is 11.0. The summed E-state index contributed by atoms with van der Waals surface area (Å²) >= 11 is 0. The van der Waals surface area contributed by atoms with E-state index in [2.05, 4.69) is 0 Å². The first kappa shape index (κ1) is 23.2. The second-order valence-electron chi connectivity index (χ2n) is 5.33. The van der Waals surface area contributed by atoms with Crippen molar-refractivity contribution in [2.24, 2.45) is 0 Å². The van der Waals surface area contributed by atoms with Gasteiger partial charge in [-0.05, 0) is 12.8 Å². The molecule has 0 aromatic carbocycles. The highest BCUT2D eigenvalue weighted by atomic mass is 28.4. The van der Waals surface area contributed by atoms with E-state index in [0.29, 0.717) is 13.2 Å². The standard InChI is InChI=1S/C14H34O7Si2/c1-15-22(5,16-2)20-13-11-9-7-8-10-12-19-14-21-23(6,17-3)18-4/h7-14H2,1-6H3. The summed E-state index contributed by atoms with van der Waals surface area (Å²) in [5, 5.41) is 0. The van der Waals surface area contributed by atoms with Gasteiger partial charge in [-0.25, -0.2) is 0 Å². The van der Waals surface area contributed by atoms with Crippen molar-refractivity contribution in [1.29, 1.82) is 0 Å². The number of ether oxygens (including phenoxy) is 1. The van der Waals surface area contributed by atoms with Crippen LogP contribution in [0.5, 0.6) is 0 Å². The molecule has 23 heavy (non-hydrogen) atoms. The van der Waals surface area contributed by atoms with E-state index in [0.717, 1.165) is 32.1 Å². The highest BCUT2D eigenvalue weighted by Gasteiger charge is 2.32. The van der Waals surface area contributed by atoms with Crippen molar-refractivity contribution >= 4 is 17.6 Å². The van der Waals surface area contributed by atoms with Crippen LogP contribution in [-0.2, 0) is 31.3 Å². The Bertz CT molecular complexity index is 248. The molecule has 0 atom stereocenters. The molecule has 0 N–H and O–H groups in total. The van der Waals surface area contributed by atoms with E-state index in [9.17, 15) is 0 Å². The summed E-state index contributed by atoms with van der Waals surface area (Å²) in [6, 6.07) is 0. The van der Waals surface area contributed by atoms with Gasteiger partial charge in [0.2, 0.25) is 0 Å². The minimum Gasteiger partial charge on any atom is -0.377 e. The summed E-state index contributed by atoms with van der Waals surface area (Å²) in [7, 11) is 1.61. The van der Waals surface area contributed by atoms with Gasteiger partial charge in [-0.3, -0.25) is 0 Å². The Hall–Kier alpha value is 0.154. The van der Waals surface area contributed by atoms with Crippen LogP contribution in [0.1, 0.15) is 32.1 Å². The summed E-state index contributed by atoms with van der Waals surface area (Å²) in [6.07, 6.45) is 5.46. The normalized spacial score (nSPS) is 12.8. The monoisotopic (exact) mass is 370 g/mol. The van der Waals surface area contributed by atoms with Gasteiger partial charge >= 0.3 is 17.6 Å². The summed E-state index contributed by atoms with van der Waals surface area (Å²) in [4.78, 5) is 0. The molecule has 9 heteroatoms.